The number of amides is 1. The molecule has 92 valence electrons. The maximum Gasteiger partial charge on any atom is 0.308 e. The highest BCUT2D eigenvalue weighted by atomic mass is 16.4. The van der Waals surface area contributed by atoms with Gasteiger partial charge in [-0.05, 0) is 18.6 Å². The van der Waals surface area contributed by atoms with Gasteiger partial charge in [0.25, 0.3) is 0 Å². The summed E-state index contributed by atoms with van der Waals surface area (Å²) in [6.45, 7) is 3.57. The van der Waals surface area contributed by atoms with E-state index >= 15 is 0 Å². The Labute approximate surface area is 99.9 Å². The van der Waals surface area contributed by atoms with Crippen molar-refractivity contribution in [1.29, 1.82) is 0 Å². The van der Waals surface area contributed by atoms with Gasteiger partial charge in [0.15, 0.2) is 0 Å². The van der Waals surface area contributed by atoms with Crippen molar-refractivity contribution in [3.63, 3.8) is 0 Å². The van der Waals surface area contributed by atoms with E-state index in [-0.39, 0.29) is 18.9 Å². The number of carbonyl (C=O) groups is 2. The molecule has 0 aliphatic heterocycles. The number of rotatable bonds is 5. The summed E-state index contributed by atoms with van der Waals surface area (Å²) in [5.74, 6) is -1.68. The molecule has 1 amide bonds. The van der Waals surface area contributed by atoms with Gasteiger partial charge in [0, 0.05) is 18.4 Å². The van der Waals surface area contributed by atoms with Gasteiger partial charge in [0.05, 0.1) is 12.3 Å². The van der Waals surface area contributed by atoms with Crippen molar-refractivity contribution >= 4 is 11.9 Å². The monoisotopic (exact) mass is 236 g/mol. The lowest BCUT2D eigenvalue weighted by atomic mass is 10.1. The maximum absolute atomic E-state index is 11.5. The van der Waals surface area contributed by atoms with E-state index in [1.165, 1.54) is 0 Å². The number of carbonyl (C=O) groups excluding carboxylic acids is 1. The van der Waals surface area contributed by atoms with Gasteiger partial charge < -0.3 is 10.4 Å². The van der Waals surface area contributed by atoms with Crippen molar-refractivity contribution in [3.05, 3.63) is 29.6 Å². The number of hydrogen-bond acceptors (Lipinski definition) is 3. The average molecular weight is 236 g/mol. The topological polar surface area (TPSA) is 79.3 Å². The first-order valence-electron chi connectivity index (χ1n) is 5.40. The van der Waals surface area contributed by atoms with E-state index in [1.54, 1.807) is 13.1 Å². The van der Waals surface area contributed by atoms with E-state index in [1.807, 2.05) is 19.1 Å². The molecule has 0 saturated heterocycles. The number of pyridine rings is 1. The van der Waals surface area contributed by atoms with E-state index in [9.17, 15) is 9.59 Å². The maximum atomic E-state index is 11.5. The molecule has 0 saturated carbocycles. The summed E-state index contributed by atoms with van der Waals surface area (Å²) in [5, 5.41) is 11.2. The zero-order chi connectivity index (χ0) is 12.8. The number of carboxylic acid groups (broad SMARTS) is 1. The SMILES string of the molecule is Cc1ccc(CC(=O)NCC(C)C(=O)O)cn1. The molecule has 5 nitrogen and oxygen atoms in total. The van der Waals surface area contributed by atoms with Crippen LogP contribution < -0.4 is 5.32 Å². The van der Waals surface area contributed by atoms with E-state index in [4.69, 9.17) is 5.11 Å². The van der Waals surface area contributed by atoms with Crippen LogP contribution in [-0.2, 0) is 16.0 Å². The lowest BCUT2D eigenvalue weighted by Crippen LogP contribution is -2.32. The van der Waals surface area contributed by atoms with Crippen LogP contribution in [0, 0.1) is 12.8 Å². The molecule has 0 radical (unpaired) electrons. The largest absolute Gasteiger partial charge is 0.481 e. The van der Waals surface area contributed by atoms with Crippen LogP contribution in [0.3, 0.4) is 0 Å². The van der Waals surface area contributed by atoms with Crippen LogP contribution in [-0.4, -0.2) is 28.5 Å². The summed E-state index contributed by atoms with van der Waals surface area (Å²) < 4.78 is 0. The van der Waals surface area contributed by atoms with Gasteiger partial charge in [-0.25, -0.2) is 0 Å². The Hall–Kier alpha value is -1.91. The van der Waals surface area contributed by atoms with Gasteiger partial charge in [-0.1, -0.05) is 13.0 Å². The second kappa shape index (κ2) is 5.98. The molecule has 17 heavy (non-hydrogen) atoms. The molecule has 1 aromatic rings. The third-order valence-corrected chi connectivity index (χ3v) is 2.36. The minimum absolute atomic E-state index is 0.146. The van der Waals surface area contributed by atoms with Crippen LogP contribution in [0.4, 0.5) is 0 Å². The van der Waals surface area contributed by atoms with Crippen molar-refractivity contribution in [1.82, 2.24) is 10.3 Å². The molecule has 1 unspecified atom stereocenters. The van der Waals surface area contributed by atoms with Crippen molar-refractivity contribution in [2.24, 2.45) is 5.92 Å². The predicted octanol–water partition coefficient (Wildman–Crippen LogP) is 0.769. The summed E-state index contributed by atoms with van der Waals surface area (Å²) in [7, 11) is 0. The first-order valence-corrected chi connectivity index (χ1v) is 5.40. The van der Waals surface area contributed by atoms with Gasteiger partial charge in [-0.15, -0.1) is 0 Å². The van der Waals surface area contributed by atoms with Crippen LogP contribution in [0.2, 0.25) is 0 Å². The Bertz CT molecular complexity index is 401. The lowest BCUT2D eigenvalue weighted by molar-refractivity contribution is -0.141. The van der Waals surface area contributed by atoms with Crippen LogP contribution >= 0.6 is 0 Å². The first kappa shape index (κ1) is 13.2. The molecule has 0 spiro atoms. The summed E-state index contributed by atoms with van der Waals surface area (Å²) in [6, 6.07) is 3.67. The molecule has 1 heterocycles. The van der Waals surface area contributed by atoms with E-state index in [0.29, 0.717) is 0 Å². The van der Waals surface area contributed by atoms with Crippen LogP contribution in [0.5, 0.6) is 0 Å². The van der Waals surface area contributed by atoms with Crippen LogP contribution in [0.15, 0.2) is 18.3 Å². The Kier molecular flexibility index (Phi) is 4.63. The fourth-order valence-corrected chi connectivity index (χ4v) is 1.21. The zero-order valence-electron chi connectivity index (χ0n) is 9.93. The minimum Gasteiger partial charge on any atom is -0.481 e. The standard InChI is InChI=1S/C12H16N2O3/c1-8(12(16)17)6-14-11(15)5-10-4-3-9(2)13-7-10/h3-4,7-8H,5-6H2,1-2H3,(H,14,15)(H,16,17). The van der Waals surface area contributed by atoms with Crippen molar-refractivity contribution in [2.75, 3.05) is 6.54 Å². The number of nitrogens with one attached hydrogen (secondary N) is 1. The molecular weight excluding hydrogens is 220 g/mol. The highest BCUT2D eigenvalue weighted by molar-refractivity contribution is 5.79. The summed E-state index contributed by atoms with van der Waals surface area (Å²) in [4.78, 5) is 26.1. The van der Waals surface area contributed by atoms with E-state index in [0.717, 1.165) is 11.3 Å². The summed E-state index contributed by atoms with van der Waals surface area (Å²) >= 11 is 0. The number of carboxylic acids is 1. The number of nitrogens with zero attached hydrogens (tertiary/aromatic N) is 1. The highest BCUT2D eigenvalue weighted by Gasteiger charge is 2.12. The first-order chi connectivity index (χ1) is 7.99. The number of aryl methyl sites for hydroxylation is 1. The summed E-state index contributed by atoms with van der Waals surface area (Å²) in [5.41, 5.74) is 1.71. The molecule has 1 rings (SSSR count). The minimum atomic E-state index is -0.915. The average Bonchev–Trinajstić information content (AvgIpc) is 2.29. The molecular formula is C12H16N2O3. The Balaban J connectivity index is 2.39. The Morgan fingerprint density at radius 2 is 2.18 bits per heavy atom. The number of aliphatic carboxylic acids is 1. The second-order valence-electron chi connectivity index (χ2n) is 4.03. The molecule has 5 heteroatoms. The Morgan fingerprint density at radius 1 is 1.47 bits per heavy atom. The molecule has 1 aromatic heterocycles. The third kappa shape index (κ3) is 4.63. The molecule has 0 fully saturated rings. The number of aromatic nitrogens is 1. The van der Waals surface area contributed by atoms with Gasteiger partial charge in [0.2, 0.25) is 5.91 Å². The second-order valence-corrected chi connectivity index (χ2v) is 4.03. The van der Waals surface area contributed by atoms with E-state index in [2.05, 4.69) is 10.3 Å². The predicted molar refractivity (Wildman–Crippen MR) is 62.5 cm³/mol. The normalized spacial score (nSPS) is 11.9. The van der Waals surface area contributed by atoms with Crippen LogP contribution in [0.25, 0.3) is 0 Å². The smallest absolute Gasteiger partial charge is 0.308 e. The van der Waals surface area contributed by atoms with E-state index < -0.39 is 11.9 Å². The Morgan fingerprint density at radius 3 is 2.71 bits per heavy atom. The van der Waals surface area contributed by atoms with Crippen molar-refractivity contribution < 1.29 is 14.7 Å². The molecule has 0 aromatic carbocycles. The van der Waals surface area contributed by atoms with Gasteiger partial charge >= 0.3 is 5.97 Å². The van der Waals surface area contributed by atoms with Gasteiger partial charge in [-0.2, -0.15) is 0 Å². The molecule has 0 aliphatic rings. The molecule has 1 atom stereocenters. The summed E-state index contributed by atoms with van der Waals surface area (Å²) in [6.07, 6.45) is 1.87. The fourth-order valence-electron chi connectivity index (χ4n) is 1.21. The fraction of sp³-hybridized carbons (Fsp3) is 0.417. The highest BCUT2D eigenvalue weighted by Crippen LogP contribution is 2.00. The zero-order valence-corrected chi connectivity index (χ0v) is 9.93. The van der Waals surface area contributed by atoms with Gasteiger partial charge in [0.1, 0.15) is 0 Å². The number of hydrogen-bond donors (Lipinski definition) is 2. The quantitative estimate of drug-likeness (QED) is 0.791. The van der Waals surface area contributed by atoms with Crippen molar-refractivity contribution in [3.8, 4) is 0 Å². The lowest BCUT2D eigenvalue weighted by Gasteiger charge is -2.08. The van der Waals surface area contributed by atoms with Crippen molar-refractivity contribution in [2.45, 2.75) is 20.3 Å². The third-order valence-electron chi connectivity index (χ3n) is 2.36. The van der Waals surface area contributed by atoms with Gasteiger partial charge in [-0.3, -0.25) is 14.6 Å². The van der Waals surface area contributed by atoms with Crippen LogP contribution in [0.1, 0.15) is 18.2 Å². The molecule has 2 N–H and O–H groups in total. The molecule has 0 aliphatic carbocycles. The molecule has 0 bridgehead atoms.